The first-order valence-electron chi connectivity index (χ1n) is 13.8. The molecule has 10 nitrogen and oxygen atoms in total. The molecule has 1 aliphatic carbocycles. The summed E-state index contributed by atoms with van der Waals surface area (Å²) in [7, 11) is 5.11. The molecule has 41 heavy (non-hydrogen) atoms. The summed E-state index contributed by atoms with van der Waals surface area (Å²) in [5, 5.41) is 33.6. The van der Waals surface area contributed by atoms with Crippen LogP contribution in [0.25, 0.3) is 0 Å². The van der Waals surface area contributed by atoms with Gasteiger partial charge in [0.2, 0.25) is 11.8 Å². The van der Waals surface area contributed by atoms with Crippen molar-refractivity contribution in [3.63, 3.8) is 0 Å². The fourth-order valence-electron chi connectivity index (χ4n) is 7.21. The normalized spacial score (nSPS) is 29.3. The smallest absolute Gasteiger partial charge is 0.226 e. The molecule has 2 fully saturated rings. The summed E-state index contributed by atoms with van der Waals surface area (Å²) in [6.07, 6.45) is 0. The topological polar surface area (TPSA) is 123 Å². The number of methoxy groups -OCH3 is 2. The molecule has 3 N–H and O–H groups in total. The van der Waals surface area contributed by atoms with Gasteiger partial charge in [0.15, 0.2) is 11.2 Å². The summed E-state index contributed by atoms with van der Waals surface area (Å²) in [5.74, 6) is 0.0721. The van der Waals surface area contributed by atoms with Crippen LogP contribution in [0.3, 0.4) is 0 Å². The fourth-order valence-corrected chi connectivity index (χ4v) is 7.21. The molecule has 1 aromatic heterocycles. The zero-order chi connectivity index (χ0) is 28.8. The Morgan fingerprint density at radius 3 is 2.39 bits per heavy atom. The number of fused-ring (bicyclic) bond motifs is 3. The highest BCUT2D eigenvalue weighted by Gasteiger charge is 2.77. The molecule has 214 valence electrons. The number of pyridine rings is 1. The van der Waals surface area contributed by atoms with E-state index in [0.717, 1.165) is 31.7 Å². The van der Waals surface area contributed by atoms with Crippen LogP contribution >= 0.6 is 0 Å². The number of aromatic nitrogens is 1. The maximum absolute atomic E-state index is 13.2. The first-order valence-corrected chi connectivity index (χ1v) is 13.8. The summed E-state index contributed by atoms with van der Waals surface area (Å²) in [6.45, 7) is 4.21. The Morgan fingerprint density at radius 2 is 1.78 bits per heavy atom. The summed E-state index contributed by atoms with van der Waals surface area (Å²) in [6, 6.07) is 20.0. The third-order valence-electron chi connectivity index (χ3n) is 9.10. The largest absolute Gasteiger partial charge is 0.481 e. The monoisotopic (exact) mass is 557 g/mol. The van der Waals surface area contributed by atoms with Gasteiger partial charge < -0.3 is 34.3 Å². The van der Waals surface area contributed by atoms with Gasteiger partial charge in [-0.15, -0.1) is 0 Å². The highest BCUT2D eigenvalue weighted by atomic mass is 16.5. The molecule has 2 aromatic carbocycles. The van der Waals surface area contributed by atoms with Gasteiger partial charge >= 0.3 is 0 Å². The van der Waals surface area contributed by atoms with E-state index in [-0.39, 0.29) is 17.7 Å². The maximum atomic E-state index is 13.2. The molecule has 1 saturated heterocycles. The quantitative estimate of drug-likeness (QED) is 0.373. The number of hydrogen-bond acceptors (Lipinski definition) is 10. The van der Waals surface area contributed by atoms with Crippen molar-refractivity contribution in [3.05, 3.63) is 82.9 Å². The minimum atomic E-state index is -1.83. The minimum absolute atomic E-state index is 0.157. The number of hydroxylamine groups is 1. The summed E-state index contributed by atoms with van der Waals surface area (Å²) >= 11 is 0. The van der Waals surface area contributed by atoms with Crippen molar-refractivity contribution in [1.29, 1.82) is 5.26 Å². The zero-order valence-corrected chi connectivity index (χ0v) is 23.4. The predicted molar refractivity (Wildman–Crippen MR) is 150 cm³/mol. The Morgan fingerprint density at radius 1 is 1.07 bits per heavy atom. The second-order valence-corrected chi connectivity index (χ2v) is 11.1. The number of nitrogens with one attached hydrogen (secondary N) is 1. The maximum Gasteiger partial charge on any atom is 0.226 e. The van der Waals surface area contributed by atoms with Crippen LogP contribution in [-0.2, 0) is 11.2 Å². The summed E-state index contributed by atoms with van der Waals surface area (Å²) in [5.41, 5.74) is 1.76. The number of aliphatic hydroxyl groups is 1. The average molecular weight is 558 g/mol. The lowest BCUT2D eigenvalue weighted by Gasteiger charge is -2.41. The molecule has 2 aliphatic heterocycles. The molecule has 0 radical (unpaired) electrons. The Hall–Kier alpha value is -3.72. The second-order valence-electron chi connectivity index (χ2n) is 11.1. The lowest BCUT2D eigenvalue weighted by atomic mass is 9.70. The first kappa shape index (κ1) is 27.4. The van der Waals surface area contributed by atoms with Gasteiger partial charge in [-0.2, -0.15) is 15.7 Å². The van der Waals surface area contributed by atoms with Crippen LogP contribution in [0.1, 0.15) is 28.2 Å². The molecular formula is C31H35N5O5. The third-order valence-corrected chi connectivity index (χ3v) is 9.10. The Kier molecular flexibility index (Phi) is 7.09. The second kappa shape index (κ2) is 10.6. The van der Waals surface area contributed by atoms with Gasteiger partial charge in [0, 0.05) is 50.6 Å². The van der Waals surface area contributed by atoms with Gasteiger partial charge in [-0.1, -0.05) is 42.5 Å². The van der Waals surface area contributed by atoms with Crippen molar-refractivity contribution >= 4 is 0 Å². The molecule has 3 aliphatic rings. The summed E-state index contributed by atoms with van der Waals surface area (Å²) < 4.78 is 18.1. The van der Waals surface area contributed by atoms with Crippen LogP contribution in [0.4, 0.5) is 0 Å². The number of hydrogen-bond donors (Lipinski definition) is 3. The molecule has 0 spiro atoms. The number of rotatable bonds is 7. The van der Waals surface area contributed by atoms with Crippen LogP contribution < -0.4 is 19.7 Å². The SMILES string of the molecule is COc1cc2c(c(OC)n1)[C@]1(O)[C@H](NO)[C@H](CN3CCN(C)CC3)[C@@H](c3ccccc3)[C@]1(c1ccc(C#N)cc1)O2. The van der Waals surface area contributed by atoms with Gasteiger partial charge in [-0.3, -0.25) is 0 Å². The number of benzene rings is 2. The molecular weight excluding hydrogens is 522 g/mol. The molecule has 3 aromatic rings. The average Bonchev–Trinajstić information content (AvgIpc) is 3.39. The van der Waals surface area contributed by atoms with Gasteiger partial charge in [-0.05, 0) is 30.3 Å². The van der Waals surface area contributed by atoms with E-state index in [0.29, 0.717) is 29.0 Å². The molecule has 0 bridgehead atoms. The molecule has 0 unspecified atom stereocenters. The van der Waals surface area contributed by atoms with Gasteiger partial charge in [-0.25, -0.2) is 0 Å². The summed E-state index contributed by atoms with van der Waals surface area (Å²) in [4.78, 5) is 9.18. The van der Waals surface area contributed by atoms with Crippen molar-refractivity contribution in [2.75, 3.05) is 54.0 Å². The van der Waals surface area contributed by atoms with Crippen LogP contribution in [0.5, 0.6) is 17.5 Å². The lowest BCUT2D eigenvalue weighted by molar-refractivity contribution is -0.133. The van der Waals surface area contributed by atoms with E-state index in [1.165, 1.54) is 14.2 Å². The van der Waals surface area contributed by atoms with Crippen molar-refractivity contribution in [3.8, 4) is 23.6 Å². The van der Waals surface area contributed by atoms with E-state index in [1.54, 1.807) is 18.2 Å². The Bertz CT molecular complexity index is 1440. The van der Waals surface area contributed by atoms with Crippen molar-refractivity contribution < 1.29 is 24.5 Å². The third kappa shape index (κ3) is 4.08. The fraction of sp³-hybridized carbons (Fsp3) is 0.419. The van der Waals surface area contributed by atoms with E-state index in [4.69, 9.17) is 14.2 Å². The number of likely N-dealkylation sites (N-methyl/N-ethyl adjacent to an activating group) is 1. The Balaban J connectivity index is 1.63. The molecule has 1 saturated carbocycles. The molecule has 10 heteroatoms. The lowest BCUT2D eigenvalue weighted by Crippen LogP contribution is -2.56. The van der Waals surface area contributed by atoms with E-state index >= 15 is 0 Å². The Labute approximate surface area is 239 Å². The van der Waals surface area contributed by atoms with Gasteiger partial charge in [0.1, 0.15) is 5.75 Å². The standard InChI is InChI=1S/C31H35N5O5/c1-35-13-15-36(16-14-35)19-23-26(21-7-5-4-6-8-21)31(22-11-9-20(18-32)10-12-22)30(37,28(23)34-38)27-24(41-31)17-25(39-2)33-29(27)40-3/h4-12,17,23,26,28,34,37-38H,13-16,19H2,1-3H3/t23-,26-,28-,30+,31+/m1/s1. The van der Waals surface area contributed by atoms with E-state index in [9.17, 15) is 15.6 Å². The number of piperazine rings is 1. The van der Waals surface area contributed by atoms with Crippen LogP contribution in [0.15, 0.2) is 60.7 Å². The van der Waals surface area contributed by atoms with Crippen LogP contribution in [0, 0.1) is 17.2 Å². The van der Waals surface area contributed by atoms with Gasteiger partial charge in [0.25, 0.3) is 0 Å². The highest BCUT2D eigenvalue weighted by Crippen LogP contribution is 2.69. The highest BCUT2D eigenvalue weighted by molar-refractivity contribution is 5.60. The number of nitrogens with zero attached hydrogens (tertiary/aromatic N) is 4. The minimum Gasteiger partial charge on any atom is -0.481 e. The van der Waals surface area contributed by atoms with E-state index in [1.807, 2.05) is 42.5 Å². The molecule has 5 atom stereocenters. The molecule has 3 heterocycles. The van der Waals surface area contributed by atoms with E-state index < -0.39 is 23.2 Å². The van der Waals surface area contributed by atoms with Crippen LogP contribution in [-0.4, -0.2) is 85.1 Å². The van der Waals surface area contributed by atoms with Crippen molar-refractivity contribution in [2.24, 2.45) is 5.92 Å². The van der Waals surface area contributed by atoms with Crippen molar-refractivity contribution in [2.45, 2.75) is 23.2 Å². The van der Waals surface area contributed by atoms with Crippen molar-refractivity contribution in [1.82, 2.24) is 20.3 Å². The zero-order valence-electron chi connectivity index (χ0n) is 23.4. The first-order chi connectivity index (χ1) is 19.9. The van der Waals surface area contributed by atoms with E-state index in [2.05, 4.69) is 33.4 Å². The predicted octanol–water partition coefficient (Wildman–Crippen LogP) is 2.45. The van der Waals surface area contributed by atoms with Gasteiger partial charge in [0.05, 0.1) is 37.5 Å². The molecule has 0 amide bonds. The number of ether oxygens (including phenoxy) is 3. The number of nitriles is 1. The molecule has 6 rings (SSSR count). The van der Waals surface area contributed by atoms with Crippen LogP contribution in [0.2, 0.25) is 0 Å².